The number of carbonyl (C=O) groups is 1. The van der Waals surface area contributed by atoms with Gasteiger partial charge in [0.15, 0.2) is 12.2 Å². The van der Waals surface area contributed by atoms with Crippen LogP contribution in [0.15, 0.2) is 6.33 Å². The molecule has 1 aromatic heterocycles. The third-order valence-corrected chi connectivity index (χ3v) is 1.24. The lowest BCUT2D eigenvalue weighted by atomic mass is 10.2. The number of hydrogen-bond acceptors (Lipinski definition) is 5. The summed E-state index contributed by atoms with van der Waals surface area (Å²) in [5.74, 6) is -0.328. The van der Waals surface area contributed by atoms with Gasteiger partial charge >= 0.3 is 5.97 Å². The lowest BCUT2D eigenvalue weighted by Crippen LogP contribution is -2.01. The first-order valence-electron chi connectivity index (χ1n) is 3.50. The van der Waals surface area contributed by atoms with E-state index in [1.54, 1.807) is 0 Å². The second kappa shape index (κ2) is 4.32. The lowest BCUT2D eigenvalue weighted by molar-refractivity contribution is -0.137. The molecule has 0 spiro atoms. The molecule has 6 heteroatoms. The Morgan fingerprint density at radius 2 is 2.08 bits per heavy atom. The topological polar surface area (TPSA) is 88.9 Å². The maximum Gasteiger partial charge on any atom is 0.303 e. The van der Waals surface area contributed by atoms with E-state index in [1.165, 1.54) is 6.33 Å². The van der Waals surface area contributed by atoms with E-state index in [9.17, 15) is 4.79 Å². The van der Waals surface area contributed by atoms with Crippen LogP contribution < -0.4 is 0 Å². The molecule has 64 valence electrons. The molecule has 6 nitrogen and oxygen atoms in total. The zero-order valence-electron chi connectivity index (χ0n) is 6.34. The maximum absolute atomic E-state index is 10.1. The Labute approximate surface area is 68.7 Å². The molecular formula is C6H8N4O2. The fourth-order valence-corrected chi connectivity index (χ4v) is 0.726. The molecule has 0 aromatic carbocycles. The highest BCUT2D eigenvalue weighted by atomic mass is 16.4. The van der Waals surface area contributed by atoms with Crippen LogP contribution in [0.3, 0.4) is 0 Å². The standard InChI is InChI=1S/C6H8N4O2/c11-6(12)3-1-2-5-9-7-4-8-10-5/h4H,1-3H2,(H,11,12). The number of aromatic nitrogens is 4. The van der Waals surface area contributed by atoms with Crippen LogP contribution in [-0.4, -0.2) is 31.5 Å². The molecule has 0 unspecified atom stereocenters. The van der Waals surface area contributed by atoms with Crippen LogP contribution in [0.5, 0.6) is 0 Å². The van der Waals surface area contributed by atoms with Crippen molar-refractivity contribution in [1.29, 1.82) is 0 Å². The fourth-order valence-electron chi connectivity index (χ4n) is 0.726. The summed E-state index contributed by atoms with van der Waals surface area (Å²) in [5, 5.41) is 22.7. The number of rotatable bonds is 4. The molecule has 1 heterocycles. The van der Waals surface area contributed by atoms with Crippen molar-refractivity contribution in [2.45, 2.75) is 19.3 Å². The quantitative estimate of drug-likeness (QED) is 0.662. The summed E-state index contributed by atoms with van der Waals surface area (Å²) < 4.78 is 0. The Balaban J connectivity index is 2.29. The third-order valence-electron chi connectivity index (χ3n) is 1.24. The molecule has 0 radical (unpaired) electrons. The molecule has 0 saturated heterocycles. The van der Waals surface area contributed by atoms with Crippen molar-refractivity contribution in [3.63, 3.8) is 0 Å². The number of hydrogen-bond donors (Lipinski definition) is 1. The Hall–Kier alpha value is -1.59. The van der Waals surface area contributed by atoms with Gasteiger partial charge in [-0.15, -0.1) is 20.4 Å². The smallest absolute Gasteiger partial charge is 0.303 e. The van der Waals surface area contributed by atoms with Crippen molar-refractivity contribution in [3.05, 3.63) is 12.2 Å². The second-order valence-electron chi connectivity index (χ2n) is 2.21. The Morgan fingerprint density at radius 1 is 1.42 bits per heavy atom. The van der Waals surface area contributed by atoms with Gasteiger partial charge in [0.1, 0.15) is 0 Å². The van der Waals surface area contributed by atoms with Crippen LogP contribution >= 0.6 is 0 Å². The van der Waals surface area contributed by atoms with Crippen molar-refractivity contribution < 1.29 is 9.90 Å². The normalized spacial score (nSPS) is 9.67. The summed E-state index contributed by atoms with van der Waals surface area (Å²) in [5.41, 5.74) is 0. The predicted octanol–water partition coefficient (Wildman–Crippen LogP) is -0.326. The second-order valence-corrected chi connectivity index (χ2v) is 2.21. The van der Waals surface area contributed by atoms with Gasteiger partial charge < -0.3 is 5.11 Å². The monoisotopic (exact) mass is 168 g/mol. The molecular weight excluding hydrogens is 160 g/mol. The summed E-state index contributed by atoms with van der Waals surface area (Å²) in [6.07, 6.45) is 2.38. The minimum atomic E-state index is -0.813. The molecule has 12 heavy (non-hydrogen) atoms. The number of aryl methyl sites for hydroxylation is 1. The number of carboxylic acid groups (broad SMARTS) is 1. The molecule has 1 rings (SSSR count). The van der Waals surface area contributed by atoms with Gasteiger partial charge in [-0.2, -0.15) is 0 Å². The molecule has 1 aromatic rings. The number of nitrogens with zero attached hydrogens (tertiary/aromatic N) is 4. The maximum atomic E-state index is 10.1. The van der Waals surface area contributed by atoms with Gasteiger partial charge in [0, 0.05) is 12.8 Å². The molecule has 0 aliphatic rings. The summed E-state index contributed by atoms with van der Waals surface area (Å²) in [4.78, 5) is 10.1. The number of aliphatic carboxylic acids is 1. The average Bonchev–Trinajstić information content (AvgIpc) is 2.05. The molecule has 0 bridgehead atoms. The zero-order valence-corrected chi connectivity index (χ0v) is 6.34. The third kappa shape index (κ3) is 3.00. The van der Waals surface area contributed by atoms with Crippen LogP contribution in [-0.2, 0) is 11.2 Å². The molecule has 0 amide bonds. The first-order chi connectivity index (χ1) is 5.79. The van der Waals surface area contributed by atoms with E-state index >= 15 is 0 Å². The first kappa shape index (κ1) is 8.51. The van der Waals surface area contributed by atoms with Crippen LogP contribution in [0.1, 0.15) is 18.7 Å². The van der Waals surface area contributed by atoms with Crippen LogP contribution in [0, 0.1) is 0 Å². The van der Waals surface area contributed by atoms with Crippen LogP contribution in [0.4, 0.5) is 0 Å². The zero-order chi connectivity index (χ0) is 8.81. The Bertz CT molecular complexity index is 251. The minimum Gasteiger partial charge on any atom is -0.481 e. The van der Waals surface area contributed by atoms with Crippen molar-refractivity contribution in [3.8, 4) is 0 Å². The highest BCUT2D eigenvalue weighted by molar-refractivity contribution is 5.66. The van der Waals surface area contributed by atoms with Gasteiger partial charge in [-0.05, 0) is 6.42 Å². The molecule has 0 saturated carbocycles. The highest BCUT2D eigenvalue weighted by Crippen LogP contribution is 1.95. The SMILES string of the molecule is O=C(O)CCCc1nncnn1. The highest BCUT2D eigenvalue weighted by Gasteiger charge is 1.99. The van der Waals surface area contributed by atoms with Gasteiger partial charge in [0.05, 0.1) is 0 Å². The minimum absolute atomic E-state index is 0.123. The fraction of sp³-hybridized carbons (Fsp3) is 0.500. The van der Waals surface area contributed by atoms with E-state index in [0.29, 0.717) is 18.7 Å². The molecule has 0 fully saturated rings. The van der Waals surface area contributed by atoms with Crippen molar-refractivity contribution in [2.75, 3.05) is 0 Å². The Morgan fingerprint density at radius 3 is 2.67 bits per heavy atom. The van der Waals surface area contributed by atoms with Crippen molar-refractivity contribution in [1.82, 2.24) is 20.4 Å². The van der Waals surface area contributed by atoms with Gasteiger partial charge in [-0.3, -0.25) is 4.79 Å². The molecule has 1 N–H and O–H groups in total. The van der Waals surface area contributed by atoms with E-state index in [4.69, 9.17) is 5.11 Å². The van der Waals surface area contributed by atoms with Gasteiger partial charge in [0.25, 0.3) is 0 Å². The largest absolute Gasteiger partial charge is 0.481 e. The lowest BCUT2D eigenvalue weighted by Gasteiger charge is -1.93. The summed E-state index contributed by atoms with van der Waals surface area (Å²) in [6, 6.07) is 0. The van der Waals surface area contributed by atoms with Gasteiger partial charge in [-0.25, -0.2) is 0 Å². The molecule has 0 atom stereocenters. The summed E-state index contributed by atoms with van der Waals surface area (Å²) in [7, 11) is 0. The predicted molar refractivity (Wildman–Crippen MR) is 38.2 cm³/mol. The van der Waals surface area contributed by atoms with Gasteiger partial charge in [-0.1, -0.05) is 0 Å². The van der Waals surface area contributed by atoms with E-state index < -0.39 is 5.97 Å². The number of carboxylic acids is 1. The van der Waals surface area contributed by atoms with E-state index in [-0.39, 0.29) is 6.42 Å². The van der Waals surface area contributed by atoms with Crippen LogP contribution in [0.25, 0.3) is 0 Å². The average molecular weight is 168 g/mol. The molecule has 0 aliphatic heterocycles. The van der Waals surface area contributed by atoms with Crippen molar-refractivity contribution >= 4 is 5.97 Å². The summed E-state index contributed by atoms with van der Waals surface area (Å²) >= 11 is 0. The Kier molecular flexibility index (Phi) is 3.06. The van der Waals surface area contributed by atoms with E-state index in [2.05, 4.69) is 20.4 Å². The molecule has 0 aliphatic carbocycles. The van der Waals surface area contributed by atoms with Crippen LogP contribution in [0.2, 0.25) is 0 Å². The van der Waals surface area contributed by atoms with E-state index in [0.717, 1.165) is 0 Å². The van der Waals surface area contributed by atoms with Crippen molar-refractivity contribution in [2.24, 2.45) is 0 Å². The summed E-state index contributed by atoms with van der Waals surface area (Å²) in [6.45, 7) is 0. The van der Waals surface area contributed by atoms with Gasteiger partial charge in [0.2, 0.25) is 0 Å². The first-order valence-corrected chi connectivity index (χ1v) is 3.50. The van der Waals surface area contributed by atoms with E-state index in [1.807, 2.05) is 0 Å².